The van der Waals surface area contributed by atoms with Crippen LogP contribution in [0.2, 0.25) is 0 Å². The molecule has 218 valence electrons. The number of rotatable bonds is 12. The number of anilines is 1. The van der Waals surface area contributed by atoms with Crippen molar-refractivity contribution in [1.29, 1.82) is 0 Å². The van der Waals surface area contributed by atoms with E-state index >= 15 is 0 Å². The van der Waals surface area contributed by atoms with Gasteiger partial charge in [0.1, 0.15) is 5.69 Å². The van der Waals surface area contributed by atoms with E-state index in [9.17, 15) is 22.8 Å². The van der Waals surface area contributed by atoms with Crippen LogP contribution in [0.25, 0.3) is 0 Å². The second-order valence-corrected chi connectivity index (χ2v) is 12.7. The van der Waals surface area contributed by atoms with Gasteiger partial charge in [-0.05, 0) is 51.8 Å². The van der Waals surface area contributed by atoms with Crippen LogP contribution in [0, 0.1) is 0 Å². The Morgan fingerprint density at radius 3 is 2.40 bits per heavy atom. The Morgan fingerprint density at radius 1 is 1.12 bits per heavy atom. The predicted octanol–water partition coefficient (Wildman–Crippen LogP) is 2.34. The largest absolute Gasteiger partial charge is 0.350 e. The van der Waals surface area contributed by atoms with E-state index in [0.717, 1.165) is 6.42 Å². The third kappa shape index (κ3) is 7.51. The molecule has 2 aromatic rings. The maximum absolute atomic E-state index is 14.0. The summed E-state index contributed by atoms with van der Waals surface area (Å²) in [4.78, 5) is 41.8. The van der Waals surface area contributed by atoms with Crippen molar-refractivity contribution >= 4 is 28.0 Å². The molecule has 1 aromatic heterocycles. The summed E-state index contributed by atoms with van der Waals surface area (Å²) >= 11 is 0. The van der Waals surface area contributed by atoms with Gasteiger partial charge in [0.15, 0.2) is 6.29 Å². The van der Waals surface area contributed by atoms with Gasteiger partial charge in [0.2, 0.25) is 22.3 Å². The summed E-state index contributed by atoms with van der Waals surface area (Å²) in [6, 6.07) is 11.6. The van der Waals surface area contributed by atoms with Crippen molar-refractivity contribution in [2.45, 2.75) is 71.1 Å². The Bertz CT molecular complexity index is 1380. The number of sulfonamides is 1. The van der Waals surface area contributed by atoms with E-state index in [0.29, 0.717) is 29.8 Å². The highest BCUT2D eigenvalue weighted by Gasteiger charge is 2.43. The molecule has 40 heavy (non-hydrogen) atoms. The number of aromatic nitrogens is 1. The lowest BCUT2D eigenvalue weighted by molar-refractivity contribution is -0.124. The van der Waals surface area contributed by atoms with Gasteiger partial charge in [-0.15, -0.1) is 0 Å². The number of benzene rings is 1. The van der Waals surface area contributed by atoms with Crippen LogP contribution in [0.15, 0.2) is 59.5 Å². The van der Waals surface area contributed by atoms with Gasteiger partial charge in [-0.3, -0.25) is 23.7 Å². The minimum atomic E-state index is -3.91. The molecule has 1 aliphatic heterocycles. The molecule has 1 saturated heterocycles. The fraction of sp³-hybridized carbons (Fsp3) is 0.464. The van der Waals surface area contributed by atoms with E-state index in [1.54, 1.807) is 41.3 Å². The lowest BCUT2D eigenvalue weighted by atomic mass is 10.1. The molecule has 11 nitrogen and oxygen atoms in total. The van der Waals surface area contributed by atoms with E-state index in [1.807, 2.05) is 39.5 Å². The molecule has 0 bridgehead atoms. The first-order chi connectivity index (χ1) is 18.8. The standard InChI is InChI=1S/C28H40N6O5S/c1-7-11-23-14-15-24(31-40(38,39)17-22-12-9-8-10-13-22)26(37)34(23)27-32(16-25(36)30-28(4,5)6)20(2)21(3)33(27)18-29-19-35/h8-10,12-15,19,21,27,31H,2,7,11,16-18H2,1,3-6H3,(H,29,35)(H,30,36). The first-order valence-electron chi connectivity index (χ1n) is 13.3. The van der Waals surface area contributed by atoms with Crippen molar-refractivity contribution < 1.29 is 18.0 Å². The second kappa shape index (κ2) is 12.7. The van der Waals surface area contributed by atoms with Gasteiger partial charge in [0.05, 0.1) is 25.0 Å². The van der Waals surface area contributed by atoms with E-state index < -0.39 is 27.4 Å². The molecule has 2 atom stereocenters. The number of nitrogens with one attached hydrogen (secondary N) is 3. The summed E-state index contributed by atoms with van der Waals surface area (Å²) in [7, 11) is -3.91. The van der Waals surface area contributed by atoms with Crippen LogP contribution >= 0.6 is 0 Å². The van der Waals surface area contributed by atoms with Gasteiger partial charge in [0.25, 0.3) is 5.56 Å². The number of hydrogen-bond acceptors (Lipinski definition) is 7. The number of carbonyl (C=O) groups excluding carboxylic acids is 2. The first-order valence-corrected chi connectivity index (χ1v) is 14.9. The van der Waals surface area contributed by atoms with Crippen molar-refractivity contribution in [1.82, 2.24) is 25.0 Å². The molecule has 12 heteroatoms. The molecule has 0 spiro atoms. The Kier molecular flexibility index (Phi) is 9.80. The summed E-state index contributed by atoms with van der Waals surface area (Å²) in [6.07, 6.45) is 0.971. The fourth-order valence-corrected chi connectivity index (χ4v) is 5.98. The summed E-state index contributed by atoms with van der Waals surface area (Å²) in [5.74, 6) is -0.559. The van der Waals surface area contributed by atoms with Crippen molar-refractivity contribution in [3.63, 3.8) is 0 Å². The number of aryl methyl sites for hydroxylation is 1. The van der Waals surface area contributed by atoms with Gasteiger partial charge >= 0.3 is 0 Å². The Morgan fingerprint density at radius 2 is 1.80 bits per heavy atom. The lowest BCUT2D eigenvalue weighted by Gasteiger charge is -2.35. The van der Waals surface area contributed by atoms with E-state index in [4.69, 9.17) is 0 Å². The van der Waals surface area contributed by atoms with Crippen LogP contribution < -0.4 is 20.9 Å². The Hall–Kier alpha value is -3.64. The van der Waals surface area contributed by atoms with Crippen LogP contribution in [0.1, 0.15) is 58.6 Å². The van der Waals surface area contributed by atoms with Gasteiger partial charge in [-0.2, -0.15) is 0 Å². The average molecular weight is 573 g/mol. The molecule has 1 fully saturated rings. The van der Waals surface area contributed by atoms with Gasteiger partial charge in [0, 0.05) is 16.9 Å². The number of carbonyl (C=O) groups is 2. The molecule has 1 aliphatic rings. The van der Waals surface area contributed by atoms with E-state index in [1.165, 1.54) is 10.6 Å². The van der Waals surface area contributed by atoms with Gasteiger partial charge in [-0.25, -0.2) is 13.3 Å². The normalized spacial score (nSPS) is 18.0. The average Bonchev–Trinajstić information content (AvgIpc) is 3.08. The number of pyridine rings is 1. The quantitative estimate of drug-likeness (QED) is 0.333. The molecule has 0 aliphatic carbocycles. The third-order valence-corrected chi connectivity index (χ3v) is 7.76. The number of hydrogen-bond donors (Lipinski definition) is 3. The topological polar surface area (TPSA) is 133 Å². The Balaban J connectivity index is 2.10. The number of nitrogens with zero attached hydrogens (tertiary/aromatic N) is 3. The molecule has 1 aromatic carbocycles. The SMILES string of the molecule is C=C1C(C)N(CNC=O)C(n2c(CCC)ccc(NS(=O)(=O)Cc3ccccc3)c2=O)N1CC(=O)NC(C)(C)C. The minimum Gasteiger partial charge on any atom is -0.350 e. The zero-order valence-electron chi connectivity index (χ0n) is 23.8. The van der Waals surface area contributed by atoms with Crippen LogP contribution in [-0.2, 0) is 31.8 Å². The predicted molar refractivity (Wildman–Crippen MR) is 156 cm³/mol. The zero-order valence-corrected chi connectivity index (χ0v) is 24.6. The van der Waals surface area contributed by atoms with Crippen molar-refractivity contribution in [3.8, 4) is 0 Å². The summed E-state index contributed by atoms with van der Waals surface area (Å²) in [5, 5.41) is 5.59. The maximum atomic E-state index is 14.0. The van der Waals surface area contributed by atoms with Crippen molar-refractivity contribution in [3.05, 3.63) is 76.4 Å². The maximum Gasteiger partial charge on any atom is 0.277 e. The summed E-state index contributed by atoms with van der Waals surface area (Å²) in [5.41, 5.74) is 0.684. The fourth-order valence-electron chi connectivity index (χ4n) is 4.78. The van der Waals surface area contributed by atoms with Gasteiger partial charge < -0.3 is 15.5 Å². The van der Waals surface area contributed by atoms with Crippen LogP contribution in [0.4, 0.5) is 5.69 Å². The molecule has 2 unspecified atom stereocenters. The van der Waals surface area contributed by atoms with Crippen molar-refractivity contribution in [2.24, 2.45) is 0 Å². The highest BCUT2D eigenvalue weighted by molar-refractivity contribution is 7.91. The summed E-state index contributed by atoms with van der Waals surface area (Å²) < 4.78 is 30.0. The minimum absolute atomic E-state index is 0.0771. The zero-order chi connectivity index (χ0) is 29.7. The van der Waals surface area contributed by atoms with Crippen LogP contribution in [0.5, 0.6) is 0 Å². The van der Waals surface area contributed by atoms with Crippen LogP contribution in [-0.4, -0.2) is 59.9 Å². The van der Waals surface area contributed by atoms with Crippen LogP contribution in [0.3, 0.4) is 0 Å². The number of amides is 2. The van der Waals surface area contributed by atoms with Gasteiger partial charge in [-0.1, -0.05) is 50.3 Å². The molecule has 2 heterocycles. The molecule has 0 radical (unpaired) electrons. The molecular formula is C28H40N6O5S. The van der Waals surface area contributed by atoms with E-state index in [-0.39, 0.29) is 36.6 Å². The highest BCUT2D eigenvalue weighted by atomic mass is 32.2. The van der Waals surface area contributed by atoms with E-state index in [2.05, 4.69) is 21.9 Å². The monoisotopic (exact) mass is 572 g/mol. The third-order valence-electron chi connectivity index (χ3n) is 6.51. The smallest absolute Gasteiger partial charge is 0.277 e. The molecule has 3 N–H and O–H groups in total. The second-order valence-electron chi connectivity index (χ2n) is 10.9. The molecule has 2 amide bonds. The first kappa shape index (κ1) is 30.9. The highest BCUT2D eigenvalue weighted by Crippen LogP contribution is 2.35. The molecular weight excluding hydrogens is 532 g/mol. The van der Waals surface area contributed by atoms with Crippen molar-refractivity contribution in [2.75, 3.05) is 17.9 Å². The lowest BCUT2D eigenvalue weighted by Crippen LogP contribution is -2.50. The summed E-state index contributed by atoms with van der Waals surface area (Å²) in [6.45, 7) is 13.7. The molecule has 0 saturated carbocycles. The molecule has 3 rings (SSSR count). The Labute approximate surface area is 236 Å².